The number of hydrogen-bond donors (Lipinski definition) is 3. The molecule has 0 saturated carbocycles. The first-order valence-electron chi connectivity index (χ1n) is 13.5. The second kappa shape index (κ2) is 13.6. The van der Waals surface area contributed by atoms with Crippen molar-refractivity contribution in [3.05, 3.63) is 53.1 Å². The molecule has 4 rings (SSSR count). The number of fused-ring (bicyclic) bond motifs is 1. The molecule has 233 valence electrons. The first kappa shape index (κ1) is 32.7. The van der Waals surface area contributed by atoms with Gasteiger partial charge in [-0.2, -0.15) is 13.2 Å². The summed E-state index contributed by atoms with van der Waals surface area (Å²) in [6, 6.07) is 4.53. The average Bonchev–Trinajstić information content (AvgIpc) is 3.31. The number of nitrogens with zero attached hydrogens (tertiary/aromatic N) is 3. The molecule has 1 saturated heterocycles. The number of aromatic nitrogens is 2. The second-order valence-electron chi connectivity index (χ2n) is 10.3. The lowest BCUT2D eigenvalue weighted by atomic mass is 10.0. The standard InChI is InChI=1S/C29H30F5N6O3Si/c1-35-27(41)17-11-24(43-3)22(12-19(17)30)36-7-4-5-16-9-18(25-23(10-16)40(15-37-25)14-29(32,33)34)28(42)38-21-6-8-39(2)13-20(31)26(21)44/h9-12,15,20-21,26,36H,6-8,13-14H2,1-3H3,(H,35,41)(H,38,42)/t20-,21-,26?/m0/s1. The van der Waals surface area contributed by atoms with Crippen LogP contribution in [-0.2, 0) is 6.54 Å². The summed E-state index contributed by atoms with van der Waals surface area (Å²) in [5.41, 5.74) is -0.376. The average molecular weight is 634 g/mol. The van der Waals surface area contributed by atoms with Crippen molar-refractivity contribution in [1.82, 2.24) is 25.1 Å². The van der Waals surface area contributed by atoms with E-state index in [1.165, 1.54) is 32.4 Å². The van der Waals surface area contributed by atoms with Gasteiger partial charge in [-0.25, -0.2) is 13.8 Å². The highest BCUT2D eigenvalue weighted by Crippen LogP contribution is 2.29. The molecule has 2 heterocycles. The monoisotopic (exact) mass is 633 g/mol. The third-order valence-electron chi connectivity index (χ3n) is 7.13. The number of benzene rings is 2. The van der Waals surface area contributed by atoms with Crippen LogP contribution in [0.25, 0.3) is 11.0 Å². The highest BCUT2D eigenvalue weighted by Gasteiger charge is 2.33. The van der Waals surface area contributed by atoms with E-state index in [1.807, 2.05) is 4.90 Å². The van der Waals surface area contributed by atoms with Crippen molar-refractivity contribution in [2.45, 2.75) is 36.9 Å². The van der Waals surface area contributed by atoms with E-state index < -0.39 is 48.1 Å². The first-order valence-corrected chi connectivity index (χ1v) is 14.1. The van der Waals surface area contributed by atoms with Crippen molar-refractivity contribution in [3.63, 3.8) is 0 Å². The van der Waals surface area contributed by atoms with E-state index in [1.54, 1.807) is 7.05 Å². The lowest BCUT2D eigenvalue weighted by Gasteiger charge is -2.24. The Balaban J connectivity index is 1.63. The van der Waals surface area contributed by atoms with E-state index >= 15 is 0 Å². The molecule has 0 bridgehead atoms. The number of ether oxygens (including phenoxy) is 1. The van der Waals surface area contributed by atoms with Crippen LogP contribution in [0.2, 0.25) is 5.54 Å². The van der Waals surface area contributed by atoms with E-state index in [2.05, 4.69) is 43.0 Å². The quantitative estimate of drug-likeness (QED) is 0.210. The van der Waals surface area contributed by atoms with Crippen LogP contribution in [0.5, 0.6) is 5.75 Å². The Morgan fingerprint density at radius 3 is 2.61 bits per heavy atom. The normalized spacial score (nSPS) is 19.1. The van der Waals surface area contributed by atoms with E-state index in [9.17, 15) is 31.5 Å². The largest absolute Gasteiger partial charge is 0.495 e. The van der Waals surface area contributed by atoms with Crippen LogP contribution in [0.15, 0.2) is 30.6 Å². The molecule has 44 heavy (non-hydrogen) atoms. The number of nitrogens with one attached hydrogen (secondary N) is 3. The number of halogens is 5. The topological polar surface area (TPSA) is 101 Å². The Kier molecular flexibility index (Phi) is 10.2. The Bertz CT molecular complexity index is 1600. The van der Waals surface area contributed by atoms with Crippen LogP contribution in [0.3, 0.4) is 0 Å². The number of carbonyl (C=O) groups is 2. The number of hydrogen-bond acceptors (Lipinski definition) is 6. The van der Waals surface area contributed by atoms with Crippen LogP contribution in [-0.4, -0.2) is 95.7 Å². The molecule has 1 unspecified atom stereocenters. The predicted octanol–water partition coefficient (Wildman–Crippen LogP) is 3.30. The van der Waals surface area contributed by atoms with E-state index in [-0.39, 0.29) is 52.3 Å². The van der Waals surface area contributed by atoms with Gasteiger partial charge < -0.3 is 30.2 Å². The number of methoxy groups -OCH3 is 1. The molecular weight excluding hydrogens is 603 g/mol. The van der Waals surface area contributed by atoms with Gasteiger partial charge in [0, 0.05) is 41.5 Å². The van der Waals surface area contributed by atoms with Crippen LogP contribution in [0.1, 0.15) is 32.7 Å². The minimum atomic E-state index is -4.55. The third kappa shape index (κ3) is 7.67. The second-order valence-corrected chi connectivity index (χ2v) is 11.0. The van der Waals surface area contributed by atoms with Gasteiger partial charge in [-0.1, -0.05) is 11.8 Å². The van der Waals surface area contributed by atoms with Gasteiger partial charge in [-0.3, -0.25) is 9.59 Å². The Labute approximate surface area is 253 Å². The van der Waals surface area contributed by atoms with Crippen LogP contribution in [0.4, 0.5) is 27.6 Å². The Hall–Kier alpha value is -4.16. The molecule has 1 aliphatic rings. The zero-order valence-corrected chi connectivity index (χ0v) is 25.1. The molecule has 3 N–H and O–H groups in total. The predicted molar refractivity (Wildman–Crippen MR) is 155 cm³/mol. The zero-order chi connectivity index (χ0) is 32.2. The molecule has 3 aromatic rings. The molecule has 3 radical (unpaired) electrons. The number of alkyl halides is 4. The number of rotatable bonds is 7. The molecule has 1 fully saturated rings. The number of imidazole rings is 1. The smallest absolute Gasteiger partial charge is 0.406 e. The molecule has 2 aromatic carbocycles. The van der Waals surface area contributed by atoms with Crippen LogP contribution >= 0.6 is 0 Å². The van der Waals surface area contributed by atoms with Gasteiger partial charge in [0.1, 0.15) is 29.8 Å². The molecule has 0 spiro atoms. The Morgan fingerprint density at radius 2 is 1.93 bits per heavy atom. The maximum atomic E-state index is 14.7. The molecule has 2 amide bonds. The van der Waals surface area contributed by atoms with Gasteiger partial charge >= 0.3 is 6.18 Å². The van der Waals surface area contributed by atoms with Gasteiger partial charge in [0.15, 0.2) is 0 Å². The fraction of sp³-hybridized carbons (Fsp3) is 0.414. The molecule has 3 atom stereocenters. The van der Waals surface area contributed by atoms with Crippen molar-refractivity contribution < 1.29 is 36.3 Å². The summed E-state index contributed by atoms with van der Waals surface area (Å²) in [4.78, 5) is 31.2. The molecule has 15 heteroatoms. The summed E-state index contributed by atoms with van der Waals surface area (Å²) in [6.45, 7) is -0.663. The molecule has 1 aliphatic heterocycles. The summed E-state index contributed by atoms with van der Waals surface area (Å²) in [6.07, 6.45) is -4.36. The highest BCUT2D eigenvalue weighted by atomic mass is 28.1. The van der Waals surface area contributed by atoms with Crippen molar-refractivity contribution in [1.29, 1.82) is 0 Å². The molecule has 1 aromatic heterocycles. The number of anilines is 1. The Morgan fingerprint density at radius 1 is 1.18 bits per heavy atom. The minimum absolute atomic E-state index is 0.0129. The third-order valence-corrected chi connectivity index (χ3v) is 7.89. The van der Waals surface area contributed by atoms with Gasteiger partial charge in [-0.05, 0) is 43.8 Å². The number of amides is 2. The van der Waals surface area contributed by atoms with Crippen molar-refractivity contribution in [2.75, 3.05) is 46.2 Å². The van der Waals surface area contributed by atoms with Gasteiger partial charge in [0.05, 0.1) is 42.3 Å². The van der Waals surface area contributed by atoms with Crippen LogP contribution < -0.4 is 20.7 Å². The molecular formula is C29H30F5N6O3Si. The lowest BCUT2D eigenvalue weighted by molar-refractivity contribution is -0.139. The van der Waals surface area contributed by atoms with Crippen molar-refractivity contribution >= 4 is 38.8 Å². The molecule has 0 aliphatic carbocycles. The minimum Gasteiger partial charge on any atom is -0.495 e. The maximum Gasteiger partial charge on any atom is 0.406 e. The van der Waals surface area contributed by atoms with E-state index in [0.717, 1.165) is 17.0 Å². The lowest BCUT2D eigenvalue weighted by Crippen LogP contribution is -2.41. The zero-order valence-electron chi connectivity index (χ0n) is 24.1. The van der Waals surface area contributed by atoms with Gasteiger partial charge in [0.25, 0.3) is 11.8 Å². The first-order chi connectivity index (χ1) is 20.8. The van der Waals surface area contributed by atoms with Gasteiger partial charge in [0.2, 0.25) is 0 Å². The molecule has 9 nitrogen and oxygen atoms in total. The van der Waals surface area contributed by atoms with Crippen LogP contribution in [0, 0.1) is 17.7 Å². The summed E-state index contributed by atoms with van der Waals surface area (Å²) in [7, 11) is 7.90. The van der Waals surface area contributed by atoms with Crippen molar-refractivity contribution in [2.24, 2.45) is 0 Å². The van der Waals surface area contributed by atoms with Crippen molar-refractivity contribution in [3.8, 4) is 17.6 Å². The number of likely N-dealkylation sites (tertiary alicyclic amines) is 1. The fourth-order valence-corrected chi connectivity index (χ4v) is 5.24. The summed E-state index contributed by atoms with van der Waals surface area (Å²) in [5.74, 6) is 3.76. The summed E-state index contributed by atoms with van der Waals surface area (Å²) in [5, 5.41) is 8.03. The summed E-state index contributed by atoms with van der Waals surface area (Å²) < 4.78 is 75.1. The fourth-order valence-electron chi connectivity index (χ4n) is 4.88. The highest BCUT2D eigenvalue weighted by molar-refractivity contribution is 6.13. The SMILES string of the molecule is CNC(=O)c1cc(OC)c(NCC#Cc2cc(C(=O)N[C@H]3CCN(C)C[C@H](F)C3[Si])c3ncn(CC(F)(F)F)c3c2)cc1F. The summed E-state index contributed by atoms with van der Waals surface area (Å²) >= 11 is 0. The number of carbonyl (C=O) groups excluding carboxylic acids is 2. The van der Waals surface area contributed by atoms with Gasteiger partial charge in [-0.15, -0.1) is 0 Å². The van der Waals surface area contributed by atoms with E-state index in [4.69, 9.17) is 4.74 Å². The maximum absolute atomic E-state index is 14.7. The van der Waals surface area contributed by atoms with E-state index in [0.29, 0.717) is 13.0 Å².